The SMILES string of the molecule is Cc1cc(C)n2c1C=C1C=CC(CCC(=O)NCCCn3cc(CN4C(=O)C5CC=C([C@@H]6C[C@@H](OC(=O)CCl)[C@]7(C)[C@H](C)CC[C@]8(C[C@H](O)C(=O)[C@]87O)[C@H]6C)CC5C4=O)nn3)=[N+]1[B-]2(F)F. The van der Waals surface area contributed by atoms with E-state index in [1.54, 1.807) is 49.0 Å². The van der Waals surface area contributed by atoms with Crippen LogP contribution in [0.25, 0.3) is 6.08 Å². The molecule has 19 heteroatoms. The van der Waals surface area contributed by atoms with Crippen LogP contribution in [-0.2, 0) is 41.8 Å². The fraction of sp³-hybridized carbons (Fsp3) is 0.609. The molecule has 3 N–H and O–H groups in total. The maximum atomic E-state index is 15.8. The fourth-order valence-corrected chi connectivity index (χ4v) is 13.3. The highest BCUT2D eigenvalue weighted by atomic mass is 35.5. The first-order valence-corrected chi connectivity index (χ1v) is 23.5. The summed E-state index contributed by atoms with van der Waals surface area (Å²) in [6, 6.07) is 1.75. The highest BCUT2D eigenvalue weighted by Gasteiger charge is 2.78. The van der Waals surface area contributed by atoms with Gasteiger partial charge in [-0.25, -0.2) is 0 Å². The summed E-state index contributed by atoms with van der Waals surface area (Å²) in [7, 11) is 0. The number of fused-ring (bicyclic) bond motifs is 3. The third-order valence-electron chi connectivity index (χ3n) is 16.8. The maximum absolute atomic E-state index is 15.8. The van der Waals surface area contributed by atoms with E-state index in [9.17, 15) is 34.2 Å². The molecule has 3 amide bonds. The number of carbonyl (C=O) groups excluding carboxylic acids is 5. The molecular formula is C46H57BClF2N7O8. The number of carbonyl (C=O) groups is 5. The van der Waals surface area contributed by atoms with Crippen molar-refractivity contribution >= 4 is 59.8 Å². The summed E-state index contributed by atoms with van der Waals surface area (Å²) in [5, 5.41) is 35.1. The van der Waals surface area contributed by atoms with E-state index in [1.807, 2.05) is 26.8 Å². The van der Waals surface area contributed by atoms with E-state index in [4.69, 9.17) is 16.3 Å². The van der Waals surface area contributed by atoms with Gasteiger partial charge in [0.25, 0.3) is 0 Å². The van der Waals surface area contributed by atoms with Crippen LogP contribution in [0, 0.1) is 54.3 Å². The molecule has 10 atom stereocenters. The van der Waals surface area contributed by atoms with E-state index in [2.05, 4.69) is 15.6 Å². The lowest BCUT2D eigenvalue weighted by molar-refractivity contribution is -0.362. The Hall–Kier alpha value is -4.81. The summed E-state index contributed by atoms with van der Waals surface area (Å²) in [6.45, 7) is 5.75. The van der Waals surface area contributed by atoms with Crippen LogP contribution in [0.15, 0.2) is 41.8 Å². The van der Waals surface area contributed by atoms with Crippen LogP contribution in [0.3, 0.4) is 0 Å². The number of alkyl halides is 1. The lowest BCUT2D eigenvalue weighted by Crippen LogP contribution is -2.69. The van der Waals surface area contributed by atoms with Gasteiger partial charge >= 0.3 is 12.9 Å². The number of ether oxygens (including phenoxy) is 1. The van der Waals surface area contributed by atoms with Crippen LogP contribution in [0.5, 0.6) is 0 Å². The Labute approximate surface area is 381 Å². The molecule has 7 aliphatic rings. The van der Waals surface area contributed by atoms with Crippen molar-refractivity contribution in [1.82, 2.24) is 29.7 Å². The van der Waals surface area contributed by atoms with Gasteiger partial charge in [-0.1, -0.05) is 37.6 Å². The summed E-state index contributed by atoms with van der Waals surface area (Å²) in [4.78, 5) is 68.7. The Morgan fingerprint density at radius 3 is 2.63 bits per heavy atom. The number of rotatable bonds is 12. The molecule has 0 aromatic carbocycles. The van der Waals surface area contributed by atoms with Crippen molar-refractivity contribution in [3.8, 4) is 0 Å². The average Bonchev–Trinajstić information content (AvgIpc) is 4.07. The number of aliphatic hydroxyl groups is 2. The van der Waals surface area contributed by atoms with E-state index >= 15 is 8.63 Å². The Kier molecular flexibility index (Phi) is 11.3. The van der Waals surface area contributed by atoms with Crippen molar-refractivity contribution in [1.29, 1.82) is 0 Å². The van der Waals surface area contributed by atoms with Crippen LogP contribution in [-0.4, -0.2) is 111 Å². The topological polar surface area (TPSA) is 189 Å². The fourth-order valence-electron chi connectivity index (χ4n) is 13.3. The standard InChI is InChI=1S/C46H57BClF2N7O8/c1-25-17-27(3)56-36(25)19-32-9-8-31(57(32)47(56,49)50)10-12-39(59)51-15-6-16-54-23-30(52-53-54)24-55-42(62)33-11-7-29(18-35(33)43(55)63)34-20-38(65-40(60)22-48)44(5)26(2)13-14-45(28(34)4)21-37(58)41(61)46(44,45)64/h7-9,17,19,23,26,28,33-35,37-38,58,64H,6,10-16,18,20-22,24H2,1-5H3,(H,51,59)/t26-,28+,33?,34-,35?,37+,38-,44+,45+,46-/m1/s1. The molecule has 65 heavy (non-hydrogen) atoms. The van der Waals surface area contributed by atoms with Crippen LogP contribution >= 0.6 is 11.6 Å². The molecular weight excluding hydrogens is 863 g/mol. The molecule has 2 aromatic heterocycles. The number of aryl methyl sites for hydroxylation is 3. The molecule has 1 saturated heterocycles. The number of likely N-dealkylation sites (tertiary alicyclic amines) is 1. The number of nitrogens with one attached hydrogen (secondary N) is 1. The highest BCUT2D eigenvalue weighted by Crippen LogP contribution is 2.71. The number of ketones is 1. The number of aromatic nitrogens is 4. The average molecular weight is 920 g/mol. The number of Topliss-reactive ketones (excluding diaryl/α,β-unsaturated/α-hetero) is 1. The van der Waals surface area contributed by atoms with Gasteiger partial charge in [-0.3, -0.25) is 33.6 Å². The van der Waals surface area contributed by atoms with Gasteiger partial charge in [0.2, 0.25) is 17.7 Å². The zero-order chi connectivity index (χ0) is 46.5. The lowest BCUT2D eigenvalue weighted by atomic mass is 9.46. The number of halogens is 3. The van der Waals surface area contributed by atoms with Gasteiger partial charge in [0.1, 0.15) is 35.1 Å². The van der Waals surface area contributed by atoms with Gasteiger partial charge in [-0.15, -0.1) is 16.7 Å². The molecule has 9 rings (SSSR count). The van der Waals surface area contributed by atoms with Crippen LogP contribution < -0.4 is 5.32 Å². The Balaban J connectivity index is 0.808. The van der Waals surface area contributed by atoms with Crippen LogP contribution in [0.4, 0.5) is 8.63 Å². The molecule has 2 aromatic rings. The van der Waals surface area contributed by atoms with Gasteiger partial charge in [0.15, 0.2) is 11.5 Å². The monoisotopic (exact) mass is 919 g/mol. The first kappa shape index (κ1) is 45.4. The minimum Gasteiger partial charge on any atom is -0.461 e. The quantitative estimate of drug-likeness (QED) is 0.0688. The number of hydrogen-bond acceptors (Lipinski definition) is 10. The number of allylic oxidation sites excluding steroid dienone is 4. The summed E-state index contributed by atoms with van der Waals surface area (Å²) in [6.07, 6.45) is 9.23. The third-order valence-corrected chi connectivity index (χ3v) is 17.0. The maximum Gasteiger partial charge on any atom is 0.737 e. The van der Waals surface area contributed by atoms with Gasteiger partial charge < -0.3 is 37.9 Å². The zero-order valence-corrected chi connectivity index (χ0v) is 38.2. The Bertz CT molecular complexity index is 2520. The molecule has 4 aliphatic carbocycles. The van der Waals surface area contributed by atoms with Crippen molar-refractivity contribution in [2.24, 2.45) is 40.4 Å². The normalized spacial score (nSPS) is 34.5. The molecule has 0 radical (unpaired) electrons. The molecule has 3 saturated carbocycles. The largest absolute Gasteiger partial charge is 0.737 e. The van der Waals surface area contributed by atoms with Crippen molar-refractivity contribution in [3.05, 3.63) is 64.4 Å². The smallest absolute Gasteiger partial charge is 0.461 e. The minimum atomic E-state index is -4.10. The number of esters is 1. The van der Waals surface area contributed by atoms with E-state index < -0.39 is 65.1 Å². The number of amides is 3. The summed E-state index contributed by atoms with van der Waals surface area (Å²) in [5.74, 6) is -4.72. The highest BCUT2D eigenvalue weighted by molar-refractivity contribution is 6.58. The van der Waals surface area contributed by atoms with Gasteiger partial charge in [-0.05, 0) is 93.9 Å². The predicted molar refractivity (Wildman–Crippen MR) is 234 cm³/mol. The second-order valence-electron chi connectivity index (χ2n) is 19.9. The molecule has 4 fully saturated rings. The number of imide groups is 1. The van der Waals surface area contributed by atoms with Crippen molar-refractivity contribution in [2.45, 2.75) is 123 Å². The first-order chi connectivity index (χ1) is 30.8. The summed E-state index contributed by atoms with van der Waals surface area (Å²) >= 11 is 5.93. The van der Waals surface area contributed by atoms with Gasteiger partial charge in [-0.2, -0.15) is 0 Å². The van der Waals surface area contributed by atoms with Gasteiger partial charge in [0.05, 0.1) is 24.6 Å². The molecule has 5 heterocycles. The molecule has 2 unspecified atom stereocenters. The second kappa shape index (κ2) is 16.2. The first-order valence-electron chi connectivity index (χ1n) is 22.9. The van der Waals surface area contributed by atoms with E-state index in [0.717, 1.165) is 20.1 Å². The molecule has 348 valence electrons. The minimum absolute atomic E-state index is 0.0364. The molecule has 0 spiro atoms. The Morgan fingerprint density at radius 1 is 1.12 bits per heavy atom. The summed E-state index contributed by atoms with van der Waals surface area (Å²) in [5.41, 5.74) is -0.301. The Morgan fingerprint density at radius 2 is 1.88 bits per heavy atom. The van der Waals surface area contributed by atoms with Crippen LogP contribution in [0.2, 0.25) is 0 Å². The van der Waals surface area contributed by atoms with Crippen molar-refractivity contribution < 1.29 is 52.0 Å². The van der Waals surface area contributed by atoms with Crippen molar-refractivity contribution in [3.63, 3.8) is 0 Å². The van der Waals surface area contributed by atoms with E-state index in [-0.39, 0.29) is 74.1 Å². The number of hydrogen-bond donors (Lipinski definition) is 3. The van der Waals surface area contributed by atoms with E-state index in [1.165, 1.54) is 4.90 Å². The van der Waals surface area contributed by atoms with E-state index in [0.29, 0.717) is 67.3 Å². The molecule has 2 bridgehead atoms. The molecule has 3 aliphatic heterocycles. The lowest BCUT2D eigenvalue weighted by Gasteiger charge is -2.60. The van der Waals surface area contributed by atoms with Crippen LogP contribution in [0.1, 0.15) is 101 Å². The number of aliphatic hydroxyl groups excluding tert-OH is 1. The third kappa shape index (κ3) is 6.76. The van der Waals surface area contributed by atoms with Gasteiger partial charge in [0, 0.05) is 60.7 Å². The summed E-state index contributed by atoms with van der Waals surface area (Å²) < 4.78 is 41.3. The van der Waals surface area contributed by atoms with Crippen molar-refractivity contribution in [2.75, 3.05) is 12.4 Å². The molecule has 15 nitrogen and oxygen atoms in total. The predicted octanol–water partition coefficient (Wildman–Crippen LogP) is 4.40. The number of nitrogens with zero attached hydrogens (tertiary/aromatic N) is 6. The zero-order valence-electron chi connectivity index (χ0n) is 37.4. The second-order valence-corrected chi connectivity index (χ2v) is 20.1.